The Kier molecular flexibility index (Phi) is 10.0. The van der Waals surface area contributed by atoms with Crippen molar-refractivity contribution in [2.45, 2.75) is 13.3 Å². The molecule has 3 aromatic rings. The zero-order chi connectivity index (χ0) is 26.6. The Bertz CT molecular complexity index is 1280. The van der Waals surface area contributed by atoms with Crippen molar-refractivity contribution in [3.05, 3.63) is 88.4 Å². The number of hydrazone groups is 1. The van der Waals surface area contributed by atoms with Crippen LogP contribution in [0, 0.1) is 0 Å². The molecule has 0 aliphatic heterocycles. The third-order valence-electron chi connectivity index (χ3n) is 4.89. The second-order valence-electron chi connectivity index (χ2n) is 7.63. The number of benzene rings is 3. The summed E-state index contributed by atoms with van der Waals surface area (Å²) in [6, 6.07) is 17.9. The van der Waals surface area contributed by atoms with Crippen LogP contribution in [0.5, 0.6) is 17.2 Å². The van der Waals surface area contributed by atoms with E-state index in [0.29, 0.717) is 23.5 Å². The Hall–Kier alpha value is -4.37. The number of carbonyl (C=O) groups is 3. The van der Waals surface area contributed by atoms with Gasteiger partial charge in [0.1, 0.15) is 5.75 Å². The predicted molar refractivity (Wildman–Crippen MR) is 140 cm³/mol. The number of nitrogens with one attached hydrogen (secondary N) is 2. The number of hydrogen-bond donors (Lipinski definition) is 2. The smallest absolute Gasteiger partial charge is 0.345 e. The molecule has 0 atom stereocenters. The molecule has 0 bridgehead atoms. The lowest BCUT2D eigenvalue weighted by atomic mass is 10.2. The van der Waals surface area contributed by atoms with E-state index >= 15 is 0 Å². The molecule has 2 amide bonds. The van der Waals surface area contributed by atoms with Gasteiger partial charge >= 0.3 is 5.97 Å². The highest BCUT2D eigenvalue weighted by atomic mass is 35.5. The Balaban J connectivity index is 1.50. The summed E-state index contributed by atoms with van der Waals surface area (Å²) < 4.78 is 16.2. The maximum Gasteiger partial charge on any atom is 0.345 e. The zero-order valence-corrected chi connectivity index (χ0v) is 21.1. The van der Waals surface area contributed by atoms with Gasteiger partial charge < -0.3 is 19.5 Å². The van der Waals surface area contributed by atoms with Crippen molar-refractivity contribution >= 4 is 35.6 Å². The summed E-state index contributed by atoms with van der Waals surface area (Å²) in [6.45, 7) is 2.34. The first-order valence-corrected chi connectivity index (χ1v) is 11.8. The molecule has 0 fully saturated rings. The molecule has 9 nitrogen and oxygen atoms in total. The van der Waals surface area contributed by atoms with E-state index in [2.05, 4.69) is 15.8 Å². The number of rotatable bonds is 11. The van der Waals surface area contributed by atoms with Crippen molar-refractivity contribution < 1.29 is 28.6 Å². The molecule has 3 rings (SSSR count). The van der Waals surface area contributed by atoms with E-state index in [0.717, 1.165) is 6.42 Å². The van der Waals surface area contributed by atoms with Crippen molar-refractivity contribution in [3.8, 4) is 17.2 Å². The van der Waals surface area contributed by atoms with Crippen LogP contribution in [0.25, 0.3) is 0 Å². The summed E-state index contributed by atoms with van der Waals surface area (Å²) in [4.78, 5) is 36.7. The second kappa shape index (κ2) is 13.6. The Labute approximate surface area is 219 Å². The quantitative estimate of drug-likeness (QED) is 0.168. The zero-order valence-electron chi connectivity index (χ0n) is 20.3. The average molecular weight is 524 g/mol. The standard InChI is InChI=1S/C27H26ClN3O6/c1-3-14-36-20-11-9-19(10-12-20)26(33)29-17-25(32)31-30-16-18-8-13-23(24(15-18)35-2)37-27(34)21-6-4-5-7-22(21)28/h4-13,15-16H,3,14,17H2,1-2H3,(H,29,33)(H,31,32). The minimum absolute atomic E-state index is 0.196. The lowest BCUT2D eigenvalue weighted by Crippen LogP contribution is -2.34. The van der Waals surface area contributed by atoms with Crippen molar-refractivity contribution in [3.63, 3.8) is 0 Å². The van der Waals surface area contributed by atoms with Gasteiger partial charge in [-0.1, -0.05) is 30.7 Å². The first-order valence-electron chi connectivity index (χ1n) is 11.4. The lowest BCUT2D eigenvalue weighted by Gasteiger charge is -2.10. The lowest BCUT2D eigenvalue weighted by molar-refractivity contribution is -0.120. The summed E-state index contributed by atoms with van der Waals surface area (Å²) in [6.07, 6.45) is 2.27. The van der Waals surface area contributed by atoms with Crippen LogP contribution in [0.3, 0.4) is 0 Å². The molecule has 0 aromatic heterocycles. The maximum absolute atomic E-state index is 12.4. The van der Waals surface area contributed by atoms with Crippen molar-refractivity contribution in [2.75, 3.05) is 20.3 Å². The van der Waals surface area contributed by atoms with Gasteiger partial charge in [-0.15, -0.1) is 0 Å². The fourth-order valence-corrected chi connectivity index (χ4v) is 3.25. The molecule has 3 aromatic carbocycles. The van der Waals surface area contributed by atoms with Gasteiger partial charge in [0.15, 0.2) is 11.5 Å². The minimum Gasteiger partial charge on any atom is -0.494 e. The summed E-state index contributed by atoms with van der Waals surface area (Å²) in [5.74, 6) is -0.373. The van der Waals surface area contributed by atoms with E-state index in [9.17, 15) is 14.4 Å². The number of nitrogens with zero attached hydrogens (tertiary/aromatic N) is 1. The molecule has 37 heavy (non-hydrogen) atoms. The Morgan fingerprint density at radius 3 is 2.46 bits per heavy atom. The summed E-state index contributed by atoms with van der Waals surface area (Å²) in [7, 11) is 1.43. The van der Waals surface area contributed by atoms with Gasteiger partial charge in [-0.2, -0.15) is 5.10 Å². The molecule has 192 valence electrons. The van der Waals surface area contributed by atoms with Gasteiger partial charge in [-0.3, -0.25) is 9.59 Å². The van der Waals surface area contributed by atoms with Crippen molar-refractivity contribution in [1.82, 2.24) is 10.7 Å². The van der Waals surface area contributed by atoms with Crippen LogP contribution in [0.2, 0.25) is 5.02 Å². The molecule has 0 aliphatic carbocycles. The van der Waals surface area contributed by atoms with Gasteiger partial charge in [0, 0.05) is 5.56 Å². The molecule has 0 aliphatic rings. The number of hydrogen-bond acceptors (Lipinski definition) is 7. The van der Waals surface area contributed by atoms with E-state index in [-0.39, 0.29) is 28.6 Å². The third-order valence-corrected chi connectivity index (χ3v) is 5.22. The molecule has 0 radical (unpaired) electrons. The molecule has 0 spiro atoms. The van der Waals surface area contributed by atoms with E-state index in [1.807, 2.05) is 6.92 Å². The highest BCUT2D eigenvalue weighted by Gasteiger charge is 2.15. The minimum atomic E-state index is -0.625. The predicted octanol–water partition coefficient (Wildman–Crippen LogP) is 4.24. The summed E-state index contributed by atoms with van der Waals surface area (Å²) >= 11 is 6.05. The van der Waals surface area contributed by atoms with Crippen LogP contribution >= 0.6 is 11.6 Å². The van der Waals surface area contributed by atoms with Gasteiger partial charge in [0.25, 0.3) is 11.8 Å². The number of methoxy groups -OCH3 is 1. The van der Waals surface area contributed by atoms with Crippen LogP contribution in [-0.2, 0) is 4.79 Å². The number of esters is 1. The second-order valence-corrected chi connectivity index (χ2v) is 8.04. The van der Waals surface area contributed by atoms with E-state index in [1.165, 1.54) is 19.4 Å². The van der Waals surface area contributed by atoms with Crippen LogP contribution in [-0.4, -0.2) is 44.3 Å². The number of halogens is 1. The van der Waals surface area contributed by atoms with E-state index in [1.54, 1.807) is 60.7 Å². The summed E-state index contributed by atoms with van der Waals surface area (Å²) in [5, 5.41) is 6.69. The highest BCUT2D eigenvalue weighted by Crippen LogP contribution is 2.29. The van der Waals surface area contributed by atoms with Crippen molar-refractivity contribution in [2.24, 2.45) is 5.10 Å². The molecule has 10 heteroatoms. The molecule has 0 heterocycles. The van der Waals surface area contributed by atoms with Crippen molar-refractivity contribution in [1.29, 1.82) is 0 Å². The molecular weight excluding hydrogens is 498 g/mol. The van der Waals surface area contributed by atoms with Crippen LogP contribution in [0.1, 0.15) is 39.6 Å². The number of amides is 2. The summed E-state index contributed by atoms with van der Waals surface area (Å²) in [5.41, 5.74) is 3.54. The maximum atomic E-state index is 12.4. The largest absolute Gasteiger partial charge is 0.494 e. The van der Waals surface area contributed by atoms with E-state index in [4.69, 9.17) is 25.8 Å². The number of carbonyl (C=O) groups excluding carboxylic acids is 3. The molecule has 0 saturated carbocycles. The number of ether oxygens (including phenoxy) is 3. The Morgan fingerprint density at radius 2 is 1.76 bits per heavy atom. The first kappa shape index (κ1) is 27.2. The average Bonchev–Trinajstić information content (AvgIpc) is 2.91. The van der Waals surface area contributed by atoms with Crippen LogP contribution in [0.15, 0.2) is 71.8 Å². The fraction of sp³-hybridized carbons (Fsp3) is 0.185. The highest BCUT2D eigenvalue weighted by molar-refractivity contribution is 6.33. The van der Waals surface area contributed by atoms with E-state index < -0.39 is 17.8 Å². The normalized spacial score (nSPS) is 10.6. The molecule has 0 unspecified atom stereocenters. The molecule has 2 N–H and O–H groups in total. The van der Waals surface area contributed by atoms with Gasteiger partial charge in [-0.05, 0) is 66.6 Å². The van der Waals surface area contributed by atoms with Gasteiger partial charge in [0.2, 0.25) is 0 Å². The monoisotopic (exact) mass is 523 g/mol. The Morgan fingerprint density at radius 1 is 1.00 bits per heavy atom. The van der Waals surface area contributed by atoms with Crippen LogP contribution in [0.4, 0.5) is 0 Å². The molecule has 0 saturated heterocycles. The van der Waals surface area contributed by atoms with Gasteiger partial charge in [-0.25, -0.2) is 10.2 Å². The fourth-order valence-electron chi connectivity index (χ4n) is 3.03. The van der Waals surface area contributed by atoms with Crippen LogP contribution < -0.4 is 25.0 Å². The topological polar surface area (TPSA) is 115 Å². The SMILES string of the molecule is CCCOc1ccc(C(=O)NCC(=O)NN=Cc2ccc(OC(=O)c3ccccc3Cl)c(OC)c2)cc1. The van der Waals surface area contributed by atoms with Gasteiger partial charge in [0.05, 0.1) is 37.1 Å². The molecular formula is C27H26ClN3O6. The first-order chi connectivity index (χ1) is 17.9. The third kappa shape index (κ3) is 8.08.